The van der Waals surface area contributed by atoms with Crippen LogP contribution < -0.4 is 0 Å². The normalized spacial score (nSPS) is 15.4. The largest absolute Gasteiger partial charge is 0.161 e. The lowest BCUT2D eigenvalue weighted by atomic mass is 9.93. The molecular formula is C14H28S. The van der Waals surface area contributed by atoms with Gasteiger partial charge in [0.05, 0.1) is 0 Å². The summed E-state index contributed by atoms with van der Waals surface area (Å²) in [6, 6.07) is 0. The summed E-state index contributed by atoms with van der Waals surface area (Å²) in [5.41, 5.74) is 3.31. The van der Waals surface area contributed by atoms with Crippen molar-refractivity contribution in [3.05, 3.63) is 11.1 Å². The van der Waals surface area contributed by atoms with Crippen LogP contribution in [0.4, 0.5) is 0 Å². The quantitative estimate of drug-likeness (QED) is 0.543. The van der Waals surface area contributed by atoms with Crippen molar-refractivity contribution in [2.45, 2.75) is 53.9 Å². The third-order valence-corrected chi connectivity index (χ3v) is 4.02. The van der Waals surface area contributed by atoms with E-state index in [9.17, 15) is 0 Å². The molecule has 1 atom stereocenters. The van der Waals surface area contributed by atoms with Gasteiger partial charge >= 0.3 is 0 Å². The second-order valence-corrected chi connectivity index (χ2v) is 5.79. The molecule has 0 aliphatic heterocycles. The van der Waals surface area contributed by atoms with Gasteiger partial charge < -0.3 is 0 Å². The topological polar surface area (TPSA) is 0 Å². The molecule has 0 spiro atoms. The van der Waals surface area contributed by atoms with Crippen LogP contribution in [0.2, 0.25) is 0 Å². The highest BCUT2D eigenvalue weighted by Gasteiger charge is 2.07. The Morgan fingerprint density at radius 3 is 2.20 bits per heavy atom. The van der Waals surface area contributed by atoms with Gasteiger partial charge in [0.2, 0.25) is 0 Å². The second kappa shape index (κ2) is 8.27. The Balaban J connectivity index is 4.33. The molecule has 0 aromatic heterocycles. The van der Waals surface area contributed by atoms with Crippen molar-refractivity contribution in [3.63, 3.8) is 0 Å². The fourth-order valence-corrected chi connectivity index (χ4v) is 2.31. The maximum atomic E-state index is 2.36. The average Bonchev–Trinajstić information content (AvgIpc) is 2.22. The average molecular weight is 228 g/mol. The molecule has 0 aromatic carbocycles. The van der Waals surface area contributed by atoms with E-state index in [4.69, 9.17) is 0 Å². The lowest BCUT2D eigenvalue weighted by Crippen LogP contribution is -2.01. The predicted octanol–water partition coefficient (Wildman–Crippen LogP) is 5.15. The third kappa shape index (κ3) is 6.29. The fraction of sp³-hybridized carbons (Fsp3) is 0.857. The third-order valence-electron chi connectivity index (χ3n) is 3.38. The summed E-state index contributed by atoms with van der Waals surface area (Å²) in [6.45, 7) is 11.6. The lowest BCUT2D eigenvalue weighted by molar-refractivity contribution is 0.513. The van der Waals surface area contributed by atoms with E-state index >= 15 is 0 Å². The minimum absolute atomic E-state index is 0.712. The molecule has 1 unspecified atom stereocenters. The standard InChI is InChI=1S/C14H28S/c1-7-12(4)8-9-14(10-15-6)13(5)11(2)3/h11-12H,7-10H2,1-6H3/b14-13-. The monoisotopic (exact) mass is 228 g/mol. The van der Waals surface area contributed by atoms with Crippen molar-refractivity contribution in [2.75, 3.05) is 12.0 Å². The van der Waals surface area contributed by atoms with Gasteiger partial charge in [0.15, 0.2) is 0 Å². The van der Waals surface area contributed by atoms with E-state index in [1.807, 2.05) is 11.8 Å². The minimum atomic E-state index is 0.712. The highest BCUT2D eigenvalue weighted by atomic mass is 32.2. The van der Waals surface area contributed by atoms with E-state index in [0.717, 1.165) is 5.92 Å². The Bertz CT molecular complexity index is 192. The van der Waals surface area contributed by atoms with Crippen LogP contribution in [0.25, 0.3) is 0 Å². The van der Waals surface area contributed by atoms with Crippen LogP contribution in [-0.4, -0.2) is 12.0 Å². The Labute approximate surface area is 101 Å². The van der Waals surface area contributed by atoms with Crippen LogP contribution in [-0.2, 0) is 0 Å². The molecule has 0 heterocycles. The number of thioether (sulfide) groups is 1. The maximum Gasteiger partial charge on any atom is 0.0143 e. The van der Waals surface area contributed by atoms with Gasteiger partial charge in [0.25, 0.3) is 0 Å². The van der Waals surface area contributed by atoms with Crippen LogP contribution in [0.5, 0.6) is 0 Å². The smallest absolute Gasteiger partial charge is 0.0143 e. The van der Waals surface area contributed by atoms with E-state index in [-0.39, 0.29) is 0 Å². The molecular weight excluding hydrogens is 200 g/mol. The van der Waals surface area contributed by atoms with Gasteiger partial charge in [-0.15, -0.1) is 0 Å². The molecule has 0 nitrogen and oxygen atoms in total. The zero-order valence-electron chi connectivity index (χ0n) is 11.4. The first-order valence-electron chi connectivity index (χ1n) is 6.20. The van der Waals surface area contributed by atoms with Gasteiger partial charge in [-0.05, 0) is 37.9 Å². The van der Waals surface area contributed by atoms with E-state index < -0.39 is 0 Å². The van der Waals surface area contributed by atoms with Crippen molar-refractivity contribution in [1.82, 2.24) is 0 Å². The first kappa shape index (κ1) is 15.1. The first-order chi connectivity index (χ1) is 7.02. The molecule has 0 rings (SSSR count). The van der Waals surface area contributed by atoms with Gasteiger partial charge in [-0.25, -0.2) is 0 Å². The lowest BCUT2D eigenvalue weighted by Gasteiger charge is -2.16. The number of rotatable bonds is 7. The van der Waals surface area contributed by atoms with E-state index in [1.165, 1.54) is 25.0 Å². The van der Waals surface area contributed by atoms with Crippen molar-refractivity contribution < 1.29 is 0 Å². The molecule has 15 heavy (non-hydrogen) atoms. The SMILES string of the molecule is CCC(C)CC/C(CSC)=C(\C)C(C)C. The zero-order chi connectivity index (χ0) is 11.8. The molecule has 0 saturated carbocycles. The minimum Gasteiger partial charge on any atom is -0.161 e. The highest BCUT2D eigenvalue weighted by Crippen LogP contribution is 2.23. The summed E-state index contributed by atoms with van der Waals surface area (Å²) in [5.74, 6) is 2.81. The summed E-state index contributed by atoms with van der Waals surface area (Å²) in [5, 5.41) is 0. The molecule has 1 heteroatoms. The van der Waals surface area contributed by atoms with Crippen molar-refractivity contribution in [2.24, 2.45) is 11.8 Å². The van der Waals surface area contributed by atoms with Crippen molar-refractivity contribution >= 4 is 11.8 Å². The molecule has 0 fully saturated rings. The summed E-state index contributed by atoms with van der Waals surface area (Å²) >= 11 is 1.96. The highest BCUT2D eigenvalue weighted by molar-refractivity contribution is 7.98. The van der Waals surface area contributed by atoms with E-state index in [1.54, 1.807) is 11.1 Å². The van der Waals surface area contributed by atoms with Crippen LogP contribution in [0.3, 0.4) is 0 Å². The van der Waals surface area contributed by atoms with Crippen LogP contribution in [0.15, 0.2) is 11.1 Å². The summed E-state index contributed by atoms with van der Waals surface area (Å²) < 4.78 is 0. The molecule has 0 amide bonds. The van der Waals surface area contributed by atoms with Gasteiger partial charge in [-0.2, -0.15) is 11.8 Å². The molecule has 0 aromatic rings. The Morgan fingerprint density at radius 1 is 1.20 bits per heavy atom. The van der Waals surface area contributed by atoms with Gasteiger partial charge in [0, 0.05) is 5.75 Å². The molecule has 90 valence electrons. The molecule has 0 bridgehead atoms. The second-order valence-electron chi connectivity index (χ2n) is 4.93. The summed E-state index contributed by atoms with van der Waals surface area (Å²) in [7, 11) is 0. The maximum absolute atomic E-state index is 2.36. The van der Waals surface area contributed by atoms with Gasteiger partial charge in [-0.3, -0.25) is 0 Å². The molecule has 0 aliphatic rings. The zero-order valence-corrected chi connectivity index (χ0v) is 12.2. The van der Waals surface area contributed by atoms with Crippen LogP contribution in [0, 0.1) is 11.8 Å². The van der Waals surface area contributed by atoms with Crippen LogP contribution >= 0.6 is 11.8 Å². The number of hydrogen-bond acceptors (Lipinski definition) is 1. The fourth-order valence-electron chi connectivity index (χ4n) is 1.59. The predicted molar refractivity (Wildman–Crippen MR) is 74.6 cm³/mol. The summed E-state index contributed by atoms with van der Waals surface area (Å²) in [4.78, 5) is 0. The molecule has 0 radical (unpaired) electrons. The number of allylic oxidation sites excluding steroid dienone is 1. The van der Waals surface area contributed by atoms with Gasteiger partial charge in [-0.1, -0.05) is 45.3 Å². The van der Waals surface area contributed by atoms with Crippen molar-refractivity contribution in [1.29, 1.82) is 0 Å². The molecule has 0 N–H and O–H groups in total. The van der Waals surface area contributed by atoms with E-state index in [0.29, 0.717) is 5.92 Å². The Kier molecular flexibility index (Phi) is 8.32. The Hall–Kier alpha value is 0.0900. The van der Waals surface area contributed by atoms with Crippen molar-refractivity contribution in [3.8, 4) is 0 Å². The number of hydrogen-bond donors (Lipinski definition) is 0. The van der Waals surface area contributed by atoms with E-state index in [2.05, 4.69) is 40.9 Å². The molecule has 0 saturated heterocycles. The van der Waals surface area contributed by atoms with Crippen LogP contribution in [0.1, 0.15) is 53.9 Å². The van der Waals surface area contributed by atoms with Gasteiger partial charge in [0.1, 0.15) is 0 Å². The molecule has 0 aliphatic carbocycles. The summed E-state index contributed by atoms with van der Waals surface area (Å²) in [6.07, 6.45) is 6.18. The Morgan fingerprint density at radius 2 is 1.80 bits per heavy atom. The first-order valence-corrected chi connectivity index (χ1v) is 7.59.